The van der Waals surface area contributed by atoms with E-state index in [1.54, 1.807) is 6.20 Å². The molecule has 138 valence electrons. The molecule has 1 atom stereocenters. The first-order chi connectivity index (χ1) is 12.5. The van der Waals surface area contributed by atoms with E-state index < -0.39 is 0 Å². The molecule has 1 aliphatic heterocycles. The summed E-state index contributed by atoms with van der Waals surface area (Å²) in [6.07, 6.45) is 6.27. The van der Waals surface area contributed by atoms with Gasteiger partial charge in [-0.15, -0.1) is 0 Å². The number of nitrogens with zero attached hydrogens (tertiary/aromatic N) is 5. The van der Waals surface area contributed by atoms with Crippen LogP contribution in [0.1, 0.15) is 36.8 Å². The Kier molecular flexibility index (Phi) is 5.93. The smallest absolute Gasteiger partial charge is 0.227 e. The SMILES string of the molecule is CC(C)c1ncc(CN2CCN(C)C(=O)C(Cc3ccccn3)C2)cn1. The molecule has 1 amide bonds. The van der Waals surface area contributed by atoms with Gasteiger partial charge in [-0.25, -0.2) is 9.97 Å². The Morgan fingerprint density at radius 1 is 1.15 bits per heavy atom. The molecule has 3 rings (SSSR count). The lowest BCUT2D eigenvalue weighted by Crippen LogP contribution is -2.34. The van der Waals surface area contributed by atoms with Crippen LogP contribution in [0.3, 0.4) is 0 Å². The van der Waals surface area contributed by atoms with E-state index in [-0.39, 0.29) is 11.8 Å². The zero-order valence-corrected chi connectivity index (χ0v) is 15.8. The van der Waals surface area contributed by atoms with Crippen molar-refractivity contribution in [3.05, 3.63) is 53.9 Å². The van der Waals surface area contributed by atoms with Crippen LogP contribution in [0.4, 0.5) is 0 Å². The number of carbonyl (C=O) groups is 1. The normalized spacial score (nSPS) is 19.0. The number of aromatic nitrogens is 3. The largest absolute Gasteiger partial charge is 0.344 e. The number of carbonyl (C=O) groups excluding carboxylic acids is 1. The number of pyridine rings is 1. The lowest BCUT2D eigenvalue weighted by molar-refractivity contribution is -0.133. The fourth-order valence-corrected chi connectivity index (χ4v) is 3.26. The minimum atomic E-state index is -0.0757. The van der Waals surface area contributed by atoms with Gasteiger partial charge in [0.1, 0.15) is 5.82 Å². The number of likely N-dealkylation sites (N-methyl/N-ethyl adjacent to an activating group) is 1. The fourth-order valence-electron chi connectivity index (χ4n) is 3.26. The molecule has 2 aromatic heterocycles. The minimum absolute atomic E-state index is 0.0757. The van der Waals surface area contributed by atoms with E-state index in [2.05, 4.69) is 33.7 Å². The van der Waals surface area contributed by atoms with Gasteiger partial charge in [0, 0.05) is 75.4 Å². The van der Waals surface area contributed by atoms with Gasteiger partial charge < -0.3 is 4.90 Å². The Hall–Kier alpha value is -2.34. The van der Waals surface area contributed by atoms with Crippen LogP contribution in [0.2, 0.25) is 0 Å². The molecule has 0 N–H and O–H groups in total. The van der Waals surface area contributed by atoms with Crippen LogP contribution in [0.5, 0.6) is 0 Å². The third-order valence-electron chi connectivity index (χ3n) is 4.79. The van der Waals surface area contributed by atoms with Crippen molar-refractivity contribution in [3.8, 4) is 0 Å². The number of hydrogen-bond acceptors (Lipinski definition) is 5. The topological polar surface area (TPSA) is 62.2 Å². The molecule has 0 radical (unpaired) electrons. The van der Waals surface area contributed by atoms with E-state index in [0.29, 0.717) is 12.3 Å². The van der Waals surface area contributed by atoms with Crippen molar-refractivity contribution in [2.24, 2.45) is 5.92 Å². The molecule has 0 aromatic carbocycles. The third kappa shape index (κ3) is 4.64. The van der Waals surface area contributed by atoms with Gasteiger partial charge in [0.25, 0.3) is 0 Å². The Labute approximate surface area is 155 Å². The molecule has 6 heteroatoms. The van der Waals surface area contributed by atoms with Gasteiger partial charge >= 0.3 is 0 Å². The lowest BCUT2D eigenvalue weighted by Gasteiger charge is -2.22. The van der Waals surface area contributed by atoms with E-state index in [0.717, 1.165) is 43.3 Å². The van der Waals surface area contributed by atoms with Gasteiger partial charge in [0.2, 0.25) is 5.91 Å². The van der Waals surface area contributed by atoms with Crippen LogP contribution in [-0.2, 0) is 17.8 Å². The minimum Gasteiger partial charge on any atom is -0.344 e. The van der Waals surface area contributed by atoms with Crippen LogP contribution < -0.4 is 0 Å². The molecule has 1 saturated heterocycles. The Morgan fingerprint density at radius 2 is 1.92 bits per heavy atom. The first-order valence-corrected chi connectivity index (χ1v) is 9.21. The summed E-state index contributed by atoms with van der Waals surface area (Å²) in [5, 5.41) is 0. The molecule has 1 aliphatic rings. The van der Waals surface area contributed by atoms with Crippen LogP contribution in [0.15, 0.2) is 36.8 Å². The van der Waals surface area contributed by atoms with E-state index in [1.165, 1.54) is 0 Å². The molecule has 1 unspecified atom stereocenters. The summed E-state index contributed by atoms with van der Waals surface area (Å²) >= 11 is 0. The average Bonchev–Trinajstić information content (AvgIpc) is 2.77. The Balaban J connectivity index is 1.70. The second-order valence-corrected chi connectivity index (χ2v) is 7.32. The van der Waals surface area contributed by atoms with E-state index >= 15 is 0 Å². The molecule has 1 fully saturated rings. The number of hydrogen-bond donors (Lipinski definition) is 0. The molecule has 26 heavy (non-hydrogen) atoms. The van der Waals surface area contributed by atoms with Crippen molar-refractivity contribution in [3.63, 3.8) is 0 Å². The van der Waals surface area contributed by atoms with Gasteiger partial charge in [-0.05, 0) is 12.1 Å². The van der Waals surface area contributed by atoms with Gasteiger partial charge in [0.15, 0.2) is 0 Å². The van der Waals surface area contributed by atoms with Crippen molar-refractivity contribution in [1.82, 2.24) is 24.8 Å². The van der Waals surface area contributed by atoms with Gasteiger partial charge in [-0.1, -0.05) is 19.9 Å². The first-order valence-electron chi connectivity index (χ1n) is 9.21. The third-order valence-corrected chi connectivity index (χ3v) is 4.79. The van der Waals surface area contributed by atoms with E-state index in [4.69, 9.17) is 0 Å². The van der Waals surface area contributed by atoms with Crippen molar-refractivity contribution in [2.45, 2.75) is 32.7 Å². The second kappa shape index (κ2) is 8.36. The summed E-state index contributed by atoms with van der Waals surface area (Å²) in [7, 11) is 1.89. The molecule has 0 saturated carbocycles. The average molecular weight is 353 g/mol. The first kappa shape index (κ1) is 18.5. The molecular weight excluding hydrogens is 326 g/mol. The lowest BCUT2D eigenvalue weighted by atomic mass is 10.0. The van der Waals surface area contributed by atoms with E-state index in [9.17, 15) is 4.79 Å². The molecule has 3 heterocycles. The van der Waals surface area contributed by atoms with Gasteiger partial charge in [-0.3, -0.25) is 14.7 Å². The van der Waals surface area contributed by atoms with Crippen LogP contribution in [-0.4, -0.2) is 57.3 Å². The zero-order chi connectivity index (χ0) is 18.5. The van der Waals surface area contributed by atoms with Crippen LogP contribution in [0.25, 0.3) is 0 Å². The highest BCUT2D eigenvalue weighted by atomic mass is 16.2. The predicted molar refractivity (Wildman–Crippen MR) is 100 cm³/mol. The quantitative estimate of drug-likeness (QED) is 0.824. The number of rotatable bonds is 5. The monoisotopic (exact) mass is 353 g/mol. The fraction of sp³-hybridized carbons (Fsp3) is 0.500. The van der Waals surface area contributed by atoms with E-state index in [1.807, 2.05) is 42.5 Å². The zero-order valence-electron chi connectivity index (χ0n) is 15.8. The van der Waals surface area contributed by atoms with Crippen molar-refractivity contribution in [1.29, 1.82) is 0 Å². The van der Waals surface area contributed by atoms with Crippen molar-refractivity contribution < 1.29 is 4.79 Å². The molecule has 0 spiro atoms. The van der Waals surface area contributed by atoms with Gasteiger partial charge in [-0.2, -0.15) is 0 Å². The van der Waals surface area contributed by atoms with Crippen LogP contribution in [0, 0.1) is 5.92 Å². The van der Waals surface area contributed by atoms with Crippen molar-refractivity contribution >= 4 is 5.91 Å². The summed E-state index contributed by atoms with van der Waals surface area (Å²) in [5.74, 6) is 1.32. The highest BCUT2D eigenvalue weighted by molar-refractivity contribution is 5.79. The maximum atomic E-state index is 12.7. The summed E-state index contributed by atoms with van der Waals surface area (Å²) in [6.45, 7) is 7.26. The molecular formula is C20H27N5O. The summed E-state index contributed by atoms with van der Waals surface area (Å²) in [6, 6.07) is 5.86. The molecule has 0 bridgehead atoms. The highest BCUT2D eigenvalue weighted by Crippen LogP contribution is 2.17. The molecule has 6 nitrogen and oxygen atoms in total. The summed E-state index contributed by atoms with van der Waals surface area (Å²) in [4.78, 5) is 30.2. The maximum Gasteiger partial charge on any atom is 0.227 e. The molecule has 0 aliphatic carbocycles. The van der Waals surface area contributed by atoms with Crippen LogP contribution >= 0.6 is 0 Å². The Morgan fingerprint density at radius 3 is 2.58 bits per heavy atom. The standard InChI is InChI=1S/C20H27N5O/c1-15(2)19-22-11-16(12-23-19)13-25-9-8-24(3)20(26)17(14-25)10-18-6-4-5-7-21-18/h4-7,11-12,15,17H,8-10,13-14H2,1-3H3. The maximum absolute atomic E-state index is 12.7. The Bertz CT molecular complexity index is 717. The second-order valence-electron chi connectivity index (χ2n) is 7.32. The molecule has 2 aromatic rings. The summed E-state index contributed by atoms with van der Waals surface area (Å²) < 4.78 is 0. The predicted octanol–water partition coefficient (Wildman–Crippen LogP) is 2.13. The highest BCUT2D eigenvalue weighted by Gasteiger charge is 2.29. The summed E-state index contributed by atoms with van der Waals surface area (Å²) in [5.41, 5.74) is 2.05. The van der Waals surface area contributed by atoms with Gasteiger partial charge in [0.05, 0.1) is 5.92 Å². The van der Waals surface area contributed by atoms with Crippen molar-refractivity contribution in [2.75, 3.05) is 26.7 Å². The number of amides is 1.